The van der Waals surface area contributed by atoms with E-state index >= 15 is 0 Å². The van der Waals surface area contributed by atoms with Crippen molar-refractivity contribution in [3.8, 4) is 0 Å². The number of benzene rings is 1. The number of nitrogens with one attached hydrogen (secondary N) is 1. The first kappa shape index (κ1) is 20.5. The van der Waals surface area contributed by atoms with Crippen molar-refractivity contribution in [3.63, 3.8) is 0 Å². The van der Waals surface area contributed by atoms with Gasteiger partial charge in [0.15, 0.2) is 23.2 Å². The Labute approximate surface area is 167 Å². The van der Waals surface area contributed by atoms with Gasteiger partial charge in [-0.2, -0.15) is 13.2 Å². The number of halogens is 3. The molecule has 0 amide bonds. The fourth-order valence-electron chi connectivity index (χ4n) is 3.32. The molecule has 160 valence electrons. The van der Waals surface area contributed by atoms with E-state index in [1.165, 1.54) is 23.3 Å². The molecule has 0 bridgehead atoms. The van der Waals surface area contributed by atoms with Crippen LogP contribution < -0.4 is 5.32 Å². The number of hydrogen-bond donors (Lipinski definition) is 4. The molecule has 30 heavy (non-hydrogen) atoms. The normalized spacial score (nSPS) is 24.5. The van der Waals surface area contributed by atoms with Crippen molar-refractivity contribution in [2.45, 2.75) is 37.3 Å². The smallest absolute Gasteiger partial charge is 0.394 e. The average Bonchev–Trinajstić information content (AvgIpc) is 3.27. The number of ether oxygens (including phenoxy) is 1. The van der Waals surface area contributed by atoms with Gasteiger partial charge in [0.05, 0.1) is 18.5 Å². The molecular formula is C18H18F3N5O4. The van der Waals surface area contributed by atoms with Gasteiger partial charge in [0.1, 0.15) is 24.6 Å². The second kappa shape index (κ2) is 7.80. The van der Waals surface area contributed by atoms with Crippen LogP contribution in [0.3, 0.4) is 0 Å². The van der Waals surface area contributed by atoms with Crippen LogP contribution >= 0.6 is 0 Å². The van der Waals surface area contributed by atoms with E-state index in [4.69, 9.17) is 4.74 Å². The molecule has 0 saturated carbocycles. The highest BCUT2D eigenvalue weighted by Crippen LogP contribution is 2.32. The lowest BCUT2D eigenvalue weighted by atomic mass is 10.1. The number of anilines is 1. The monoisotopic (exact) mass is 425 g/mol. The van der Waals surface area contributed by atoms with Gasteiger partial charge in [0.25, 0.3) is 0 Å². The molecule has 4 atom stereocenters. The minimum Gasteiger partial charge on any atom is -0.394 e. The van der Waals surface area contributed by atoms with Crippen LogP contribution in [0.4, 0.5) is 19.0 Å². The molecule has 1 aromatic carbocycles. The first-order valence-electron chi connectivity index (χ1n) is 8.99. The minimum atomic E-state index is -4.43. The first-order valence-corrected chi connectivity index (χ1v) is 8.99. The van der Waals surface area contributed by atoms with Gasteiger partial charge in [0, 0.05) is 6.54 Å². The summed E-state index contributed by atoms with van der Waals surface area (Å²) in [4.78, 5) is 12.4. The highest BCUT2D eigenvalue weighted by atomic mass is 19.4. The highest BCUT2D eigenvalue weighted by Gasteiger charge is 2.44. The van der Waals surface area contributed by atoms with Gasteiger partial charge in [-0.3, -0.25) is 4.57 Å². The summed E-state index contributed by atoms with van der Waals surface area (Å²) in [5, 5.41) is 32.4. The van der Waals surface area contributed by atoms with Gasteiger partial charge in [0.2, 0.25) is 0 Å². The highest BCUT2D eigenvalue weighted by molar-refractivity contribution is 5.82. The lowest BCUT2D eigenvalue weighted by molar-refractivity contribution is -0.137. The molecule has 1 aliphatic rings. The summed E-state index contributed by atoms with van der Waals surface area (Å²) in [5.41, 5.74) is 0.247. The van der Waals surface area contributed by atoms with Crippen molar-refractivity contribution in [2.24, 2.45) is 0 Å². The Balaban J connectivity index is 1.57. The van der Waals surface area contributed by atoms with Crippen molar-refractivity contribution in [1.82, 2.24) is 19.5 Å². The Kier molecular flexibility index (Phi) is 5.32. The van der Waals surface area contributed by atoms with Crippen LogP contribution in [0.1, 0.15) is 17.4 Å². The lowest BCUT2D eigenvalue weighted by Gasteiger charge is -2.16. The summed E-state index contributed by atoms with van der Waals surface area (Å²) in [6.07, 6.45) is -6.42. The quantitative estimate of drug-likeness (QED) is 0.478. The number of aliphatic hydroxyl groups excluding tert-OH is 3. The van der Waals surface area contributed by atoms with Crippen LogP contribution in [0.2, 0.25) is 0 Å². The molecule has 4 N–H and O–H groups in total. The predicted octanol–water partition coefficient (Wildman–Crippen LogP) is 1.07. The van der Waals surface area contributed by atoms with Crippen molar-refractivity contribution in [2.75, 3.05) is 11.9 Å². The summed E-state index contributed by atoms with van der Waals surface area (Å²) in [5.74, 6) is 0.280. The fourth-order valence-corrected chi connectivity index (χ4v) is 3.32. The van der Waals surface area contributed by atoms with Crippen molar-refractivity contribution < 1.29 is 33.2 Å². The van der Waals surface area contributed by atoms with Crippen molar-refractivity contribution in [1.29, 1.82) is 0 Å². The van der Waals surface area contributed by atoms with Gasteiger partial charge in [-0.1, -0.05) is 12.1 Å². The molecule has 0 aliphatic carbocycles. The van der Waals surface area contributed by atoms with Crippen LogP contribution in [0.5, 0.6) is 0 Å². The van der Waals surface area contributed by atoms with E-state index in [0.29, 0.717) is 11.1 Å². The molecule has 1 saturated heterocycles. The molecular weight excluding hydrogens is 407 g/mol. The van der Waals surface area contributed by atoms with Gasteiger partial charge in [-0.05, 0) is 17.7 Å². The van der Waals surface area contributed by atoms with E-state index in [1.54, 1.807) is 6.07 Å². The summed E-state index contributed by atoms with van der Waals surface area (Å²) in [6.45, 7) is -0.406. The molecule has 4 rings (SSSR count). The molecule has 3 aromatic rings. The second-order valence-electron chi connectivity index (χ2n) is 6.83. The zero-order chi connectivity index (χ0) is 21.5. The Hall–Kier alpha value is -2.80. The van der Waals surface area contributed by atoms with E-state index in [1.807, 2.05) is 0 Å². The van der Waals surface area contributed by atoms with E-state index in [9.17, 15) is 28.5 Å². The van der Waals surface area contributed by atoms with Crippen molar-refractivity contribution in [3.05, 3.63) is 48.0 Å². The molecule has 1 fully saturated rings. The number of aromatic nitrogens is 4. The van der Waals surface area contributed by atoms with E-state index < -0.39 is 42.9 Å². The molecule has 2 aromatic heterocycles. The summed E-state index contributed by atoms with van der Waals surface area (Å²) in [7, 11) is 0. The SMILES string of the molecule is OC[C@H]1OC(n2cnc3c(NCc4cccc(C(F)(F)F)c4)ncnc32)[C@H](O)[C@@H]1O. The zero-order valence-corrected chi connectivity index (χ0v) is 15.4. The van der Waals surface area contributed by atoms with E-state index in [-0.39, 0.29) is 18.0 Å². The number of fused-ring (bicyclic) bond motifs is 1. The number of alkyl halides is 3. The lowest BCUT2D eigenvalue weighted by Crippen LogP contribution is -2.33. The Bertz CT molecular complexity index is 1040. The standard InChI is InChI=1S/C18H18F3N5O4/c19-18(20,21)10-3-1-2-9(4-10)5-22-15-12-16(24-7-23-15)26(8-25-12)17-14(29)13(28)11(6-27)30-17/h1-4,7-8,11,13-14,17,27-29H,5-6H2,(H,22,23,24)/t11-,13-,14-,17?/m1/s1. The van der Waals surface area contributed by atoms with Crippen LogP contribution in [-0.2, 0) is 17.5 Å². The third-order valence-electron chi connectivity index (χ3n) is 4.86. The second-order valence-corrected chi connectivity index (χ2v) is 6.83. The Morgan fingerprint density at radius 2 is 1.93 bits per heavy atom. The fraction of sp³-hybridized carbons (Fsp3) is 0.389. The number of aliphatic hydroxyl groups is 3. The summed E-state index contributed by atoms with van der Waals surface area (Å²) < 4.78 is 45.5. The maximum atomic E-state index is 12.9. The third kappa shape index (κ3) is 3.69. The van der Waals surface area contributed by atoms with Crippen molar-refractivity contribution >= 4 is 17.0 Å². The van der Waals surface area contributed by atoms with Crippen LogP contribution in [0.15, 0.2) is 36.9 Å². The van der Waals surface area contributed by atoms with Crippen LogP contribution in [0, 0.1) is 0 Å². The molecule has 3 heterocycles. The van der Waals surface area contributed by atoms with E-state index in [0.717, 1.165) is 12.1 Å². The third-order valence-corrected chi connectivity index (χ3v) is 4.86. The molecule has 1 aliphatic heterocycles. The first-order chi connectivity index (χ1) is 14.3. The van der Waals surface area contributed by atoms with Gasteiger partial charge < -0.3 is 25.4 Å². The number of hydrogen-bond acceptors (Lipinski definition) is 8. The average molecular weight is 425 g/mol. The maximum absolute atomic E-state index is 12.9. The zero-order valence-electron chi connectivity index (χ0n) is 15.4. The Morgan fingerprint density at radius 3 is 2.63 bits per heavy atom. The minimum absolute atomic E-state index is 0.0662. The molecule has 0 spiro atoms. The maximum Gasteiger partial charge on any atom is 0.416 e. The molecule has 1 unspecified atom stereocenters. The van der Waals surface area contributed by atoms with Crippen LogP contribution in [0.25, 0.3) is 11.2 Å². The molecule has 12 heteroatoms. The molecule has 9 nitrogen and oxygen atoms in total. The summed E-state index contributed by atoms with van der Waals surface area (Å²) in [6, 6.07) is 4.92. The number of nitrogens with zero attached hydrogens (tertiary/aromatic N) is 4. The van der Waals surface area contributed by atoms with Gasteiger partial charge in [-0.25, -0.2) is 15.0 Å². The number of imidazole rings is 1. The van der Waals surface area contributed by atoms with Gasteiger partial charge >= 0.3 is 6.18 Å². The predicted molar refractivity (Wildman–Crippen MR) is 97.1 cm³/mol. The number of rotatable bonds is 5. The van der Waals surface area contributed by atoms with Gasteiger partial charge in [-0.15, -0.1) is 0 Å². The molecule has 0 radical (unpaired) electrons. The van der Waals surface area contributed by atoms with Crippen LogP contribution in [-0.4, -0.2) is 59.8 Å². The summed E-state index contributed by atoms with van der Waals surface area (Å²) >= 11 is 0. The van der Waals surface area contributed by atoms with E-state index in [2.05, 4.69) is 20.3 Å². The largest absolute Gasteiger partial charge is 0.416 e. The topological polar surface area (TPSA) is 126 Å². The Morgan fingerprint density at radius 1 is 1.13 bits per heavy atom.